The Bertz CT molecular complexity index is 953. The van der Waals surface area contributed by atoms with Crippen LogP contribution in [0, 0.1) is 0 Å². The van der Waals surface area contributed by atoms with Gasteiger partial charge < -0.3 is 36.7 Å². The summed E-state index contributed by atoms with van der Waals surface area (Å²) < 4.78 is 15.7. The van der Waals surface area contributed by atoms with Crippen LogP contribution >= 0.6 is 0 Å². The van der Waals surface area contributed by atoms with Gasteiger partial charge in [-0.1, -0.05) is 12.1 Å². The van der Waals surface area contributed by atoms with Crippen LogP contribution in [0.15, 0.2) is 51.7 Å². The standard InChI is InChI=1S/C20H21NO5.ClH/c1-24-10-9-21-12-17-18(22)8-7-15-16(11-19(23)26-20(15)17)13-3-5-14(25-2)6-4-13;/h3-8,11,21-22H,9-10,12H2,1-2H3;1H. The fourth-order valence-corrected chi connectivity index (χ4v) is 2.93. The summed E-state index contributed by atoms with van der Waals surface area (Å²) in [6, 6.07) is 12.3. The van der Waals surface area contributed by atoms with Crippen LogP contribution in [0.4, 0.5) is 0 Å². The van der Waals surface area contributed by atoms with Crippen LogP contribution in [-0.2, 0) is 11.3 Å². The highest BCUT2D eigenvalue weighted by Crippen LogP contribution is 2.33. The van der Waals surface area contributed by atoms with E-state index < -0.39 is 5.63 Å². The number of hydrogen-bond acceptors (Lipinski definition) is 5. The SMILES string of the molecule is COCC[NH2+]Cc1c(O)ccc2c(-c3ccc(OC)cc3)cc(=O)oc12.[Cl-]. The second-order valence-electron chi connectivity index (χ2n) is 5.92. The summed E-state index contributed by atoms with van der Waals surface area (Å²) in [5, 5.41) is 13.0. The smallest absolute Gasteiger partial charge is 0.336 e. The molecule has 0 radical (unpaired) electrons. The molecule has 0 aliphatic carbocycles. The molecule has 3 N–H and O–H groups in total. The molecule has 6 nitrogen and oxygen atoms in total. The van der Waals surface area contributed by atoms with Gasteiger partial charge >= 0.3 is 5.63 Å². The third-order valence-corrected chi connectivity index (χ3v) is 4.27. The van der Waals surface area contributed by atoms with Crippen molar-refractivity contribution in [3.8, 4) is 22.6 Å². The molecule has 1 heterocycles. The molecule has 3 aromatic rings. The van der Waals surface area contributed by atoms with Gasteiger partial charge in [-0.15, -0.1) is 0 Å². The molecule has 27 heavy (non-hydrogen) atoms. The summed E-state index contributed by atoms with van der Waals surface area (Å²) in [6.07, 6.45) is 0. The number of fused-ring (bicyclic) bond motifs is 1. The number of phenolic OH excluding ortho intramolecular Hbond substituents is 1. The molecule has 0 fully saturated rings. The minimum Gasteiger partial charge on any atom is -1.00 e. The number of benzene rings is 2. The van der Waals surface area contributed by atoms with Crippen molar-refractivity contribution in [2.45, 2.75) is 6.54 Å². The van der Waals surface area contributed by atoms with E-state index in [0.717, 1.165) is 28.8 Å². The number of nitrogens with two attached hydrogens (primary N) is 1. The highest BCUT2D eigenvalue weighted by Gasteiger charge is 2.16. The van der Waals surface area contributed by atoms with Crippen molar-refractivity contribution in [3.05, 3.63) is 58.4 Å². The Labute approximate surface area is 163 Å². The van der Waals surface area contributed by atoms with Crippen molar-refractivity contribution in [2.75, 3.05) is 27.4 Å². The summed E-state index contributed by atoms with van der Waals surface area (Å²) in [4.78, 5) is 12.1. The maximum Gasteiger partial charge on any atom is 0.336 e. The van der Waals surface area contributed by atoms with E-state index in [0.29, 0.717) is 24.3 Å². The average molecular weight is 392 g/mol. The highest BCUT2D eigenvalue weighted by molar-refractivity contribution is 5.95. The fourth-order valence-electron chi connectivity index (χ4n) is 2.93. The molecule has 1 aromatic heterocycles. The number of methoxy groups -OCH3 is 2. The first-order valence-corrected chi connectivity index (χ1v) is 8.37. The Morgan fingerprint density at radius 1 is 1.11 bits per heavy atom. The molecule has 7 heteroatoms. The van der Waals surface area contributed by atoms with Crippen LogP contribution < -0.4 is 28.1 Å². The van der Waals surface area contributed by atoms with Crippen LogP contribution in [0.25, 0.3) is 22.1 Å². The number of hydrogen-bond donors (Lipinski definition) is 2. The molecule has 0 saturated heterocycles. The van der Waals surface area contributed by atoms with Crippen molar-refractivity contribution < 1.29 is 36.7 Å². The van der Waals surface area contributed by atoms with E-state index in [1.54, 1.807) is 26.4 Å². The zero-order chi connectivity index (χ0) is 18.5. The lowest BCUT2D eigenvalue weighted by Crippen LogP contribution is -3.00. The van der Waals surface area contributed by atoms with Gasteiger partial charge in [0.2, 0.25) is 0 Å². The Morgan fingerprint density at radius 2 is 1.85 bits per heavy atom. The number of rotatable bonds is 7. The lowest BCUT2D eigenvalue weighted by Gasteiger charge is -2.11. The summed E-state index contributed by atoms with van der Waals surface area (Å²) in [7, 11) is 3.25. The van der Waals surface area contributed by atoms with Gasteiger partial charge in [-0.25, -0.2) is 4.79 Å². The number of aromatic hydroxyl groups is 1. The molecule has 144 valence electrons. The third-order valence-electron chi connectivity index (χ3n) is 4.27. The summed E-state index contributed by atoms with van der Waals surface area (Å²) in [5.41, 5.74) is 2.20. The predicted octanol–water partition coefficient (Wildman–Crippen LogP) is -1.11. The van der Waals surface area contributed by atoms with E-state index in [-0.39, 0.29) is 18.2 Å². The van der Waals surface area contributed by atoms with E-state index in [2.05, 4.69) is 0 Å². The molecule has 2 aromatic carbocycles. The Kier molecular flexibility index (Phi) is 7.24. The van der Waals surface area contributed by atoms with Gasteiger partial charge in [-0.05, 0) is 35.4 Å². The monoisotopic (exact) mass is 391 g/mol. The molecule has 3 rings (SSSR count). The first kappa shape index (κ1) is 20.8. The maximum atomic E-state index is 12.1. The average Bonchev–Trinajstić information content (AvgIpc) is 2.66. The van der Waals surface area contributed by atoms with Gasteiger partial charge in [0.25, 0.3) is 0 Å². The molecular formula is C20H22ClNO5. The topological polar surface area (TPSA) is 85.5 Å². The molecule has 0 amide bonds. The summed E-state index contributed by atoms with van der Waals surface area (Å²) >= 11 is 0. The van der Waals surface area contributed by atoms with Crippen molar-refractivity contribution in [1.82, 2.24) is 0 Å². The Hall–Kier alpha value is -2.54. The normalized spacial score (nSPS) is 10.6. The number of phenols is 1. The van der Waals surface area contributed by atoms with E-state index in [1.807, 2.05) is 29.6 Å². The molecule has 0 unspecified atom stereocenters. The van der Waals surface area contributed by atoms with Crippen LogP contribution in [0.1, 0.15) is 5.56 Å². The molecule has 0 aliphatic rings. The van der Waals surface area contributed by atoms with Gasteiger partial charge in [0, 0.05) is 18.6 Å². The molecule has 0 aliphatic heterocycles. The number of halogens is 1. The maximum absolute atomic E-state index is 12.1. The fraction of sp³-hybridized carbons (Fsp3) is 0.250. The zero-order valence-electron chi connectivity index (χ0n) is 15.2. The lowest BCUT2D eigenvalue weighted by molar-refractivity contribution is -0.671. The molecule has 0 saturated carbocycles. The summed E-state index contributed by atoms with van der Waals surface area (Å²) in [5.74, 6) is 0.855. The van der Waals surface area contributed by atoms with Crippen LogP contribution in [0.5, 0.6) is 11.5 Å². The van der Waals surface area contributed by atoms with E-state index >= 15 is 0 Å². The van der Waals surface area contributed by atoms with Gasteiger partial charge in [0.1, 0.15) is 18.0 Å². The Balaban J connectivity index is 0.00000261. The van der Waals surface area contributed by atoms with Crippen LogP contribution in [0.2, 0.25) is 0 Å². The summed E-state index contributed by atoms with van der Waals surface area (Å²) in [6.45, 7) is 1.84. The largest absolute Gasteiger partial charge is 1.00 e. The molecule has 0 atom stereocenters. The second-order valence-corrected chi connectivity index (χ2v) is 5.92. The third kappa shape index (κ3) is 4.60. The molecule has 0 spiro atoms. The first-order chi connectivity index (χ1) is 12.6. The first-order valence-electron chi connectivity index (χ1n) is 8.37. The predicted molar refractivity (Wildman–Crippen MR) is 98.5 cm³/mol. The minimum absolute atomic E-state index is 0. The van der Waals surface area contributed by atoms with Gasteiger partial charge in [-0.3, -0.25) is 0 Å². The van der Waals surface area contributed by atoms with Gasteiger partial charge in [0.05, 0.1) is 25.8 Å². The second kappa shape index (κ2) is 9.41. The number of quaternary nitrogens is 1. The number of ether oxygens (including phenoxy) is 2. The van der Waals surface area contributed by atoms with Crippen molar-refractivity contribution >= 4 is 11.0 Å². The Morgan fingerprint density at radius 3 is 2.52 bits per heavy atom. The van der Waals surface area contributed by atoms with E-state index in [9.17, 15) is 9.90 Å². The van der Waals surface area contributed by atoms with Crippen molar-refractivity contribution in [3.63, 3.8) is 0 Å². The highest BCUT2D eigenvalue weighted by atomic mass is 35.5. The molecular weight excluding hydrogens is 370 g/mol. The minimum atomic E-state index is -0.452. The lowest BCUT2D eigenvalue weighted by atomic mass is 9.99. The van der Waals surface area contributed by atoms with Crippen molar-refractivity contribution in [2.24, 2.45) is 0 Å². The van der Waals surface area contributed by atoms with E-state index in [1.165, 1.54) is 6.07 Å². The van der Waals surface area contributed by atoms with Crippen LogP contribution in [0.3, 0.4) is 0 Å². The van der Waals surface area contributed by atoms with Crippen LogP contribution in [-0.4, -0.2) is 32.5 Å². The zero-order valence-corrected chi connectivity index (χ0v) is 16.0. The van der Waals surface area contributed by atoms with Gasteiger partial charge in [0.15, 0.2) is 5.58 Å². The quantitative estimate of drug-likeness (QED) is 0.394. The van der Waals surface area contributed by atoms with Crippen molar-refractivity contribution in [1.29, 1.82) is 0 Å². The van der Waals surface area contributed by atoms with E-state index in [4.69, 9.17) is 13.9 Å². The molecule has 0 bridgehead atoms. The van der Waals surface area contributed by atoms with Gasteiger partial charge in [-0.2, -0.15) is 0 Å².